The van der Waals surface area contributed by atoms with Gasteiger partial charge in [0.25, 0.3) is 5.56 Å². The minimum absolute atomic E-state index is 0.0622. The van der Waals surface area contributed by atoms with E-state index >= 15 is 0 Å². The first-order valence-corrected chi connectivity index (χ1v) is 11.0. The molecular weight excluding hydrogens is 446 g/mol. The number of anilines is 1. The minimum Gasteiger partial charge on any atom is -0.497 e. The maximum Gasteiger partial charge on any atom is 0.262 e. The van der Waals surface area contributed by atoms with Gasteiger partial charge in [-0.25, -0.2) is 4.98 Å². The van der Waals surface area contributed by atoms with Gasteiger partial charge in [0.15, 0.2) is 16.7 Å². The Morgan fingerprint density at radius 3 is 2.70 bits per heavy atom. The largest absolute Gasteiger partial charge is 0.497 e. The summed E-state index contributed by atoms with van der Waals surface area (Å²) in [5.74, 6) is 2.17. The van der Waals surface area contributed by atoms with Crippen LogP contribution in [0.25, 0.3) is 10.9 Å². The van der Waals surface area contributed by atoms with E-state index in [1.807, 2.05) is 0 Å². The highest BCUT2D eigenvalue weighted by Gasteiger charge is 2.20. The molecule has 2 aromatic carbocycles. The fraction of sp³-hybridized carbons (Fsp3) is 0.174. The van der Waals surface area contributed by atoms with Gasteiger partial charge in [0.1, 0.15) is 11.5 Å². The molecule has 0 unspecified atom stereocenters. The fourth-order valence-electron chi connectivity index (χ4n) is 3.40. The summed E-state index contributed by atoms with van der Waals surface area (Å²) in [7, 11) is 1.58. The molecule has 0 saturated heterocycles. The second kappa shape index (κ2) is 8.91. The van der Waals surface area contributed by atoms with Crippen LogP contribution in [0.15, 0.2) is 69.2 Å². The van der Waals surface area contributed by atoms with Gasteiger partial charge in [-0.15, -0.1) is 0 Å². The number of hydrogen-bond donors (Lipinski definition) is 1. The van der Waals surface area contributed by atoms with Crippen LogP contribution in [0.1, 0.15) is 5.76 Å². The van der Waals surface area contributed by atoms with Crippen LogP contribution < -0.4 is 25.1 Å². The Labute approximate surface area is 192 Å². The van der Waals surface area contributed by atoms with Gasteiger partial charge < -0.3 is 23.9 Å². The van der Waals surface area contributed by atoms with Crippen molar-refractivity contribution in [2.75, 3.05) is 25.0 Å². The zero-order valence-corrected chi connectivity index (χ0v) is 18.4. The molecule has 2 aromatic heterocycles. The van der Waals surface area contributed by atoms with Crippen molar-refractivity contribution < 1.29 is 23.4 Å². The Balaban J connectivity index is 1.43. The first-order chi connectivity index (χ1) is 16.1. The summed E-state index contributed by atoms with van der Waals surface area (Å²) in [5, 5.41) is 3.63. The monoisotopic (exact) mass is 465 g/mol. The average molecular weight is 465 g/mol. The molecule has 33 heavy (non-hydrogen) atoms. The molecule has 1 aliphatic rings. The molecule has 1 N–H and O–H groups in total. The van der Waals surface area contributed by atoms with E-state index in [2.05, 4.69) is 10.3 Å². The van der Waals surface area contributed by atoms with E-state index in [9.17, 15) is 9.59 Å². The molecule has 9 nitrogen and oxygen atoms in total. The Kier molecular flexibility index (Phi) is 5.66. The van der Waals surface area contributed by atoms with Crippen molar-refractivity contribution in [3.63, 3.8) is 0 Å². The summed E-state index contributed by atoms with van der Waals surface area (Å²) in [4.78, 5) is 30.5. The van der Waals surface area contributed by atoms with Gasteiger partial charge in [0.05, 0.1) is 36.6 Å². The highest BCUT2D eigenvalue weighted by Crippen LogP contribution is 2.35. The highest BCUT2D eigenvalue weighted by molar-refractivity contribution is 7.99. The number of furan rings is 1. The molecular formula is C23H19N3O6S. The fourth-order valence-corrected chi connectivity index (χ4v) is 4.20. The third-order valence-electron chi connectivity index (χ3n) is 5.01. The van der Waals surface area contributed by atoms with Crippen LogP contribution in [-0.4, -0.2) is 35.1 Å². The lowest BCUT2D eigenvalue weighted by Crippen LogP contribution is -2.24. The van der Waals surface area contributed by atoms with E-state index in [4.69, 9.17) is 18.6 Å². The van der Waals surface area contributed by atoms with Crippen LogP contribution in [0.3, 0.4) is 0 Å². The van der Waals surface area contributed by atoms with Crippen LogP contribution >= 0.6 is 11.8 Å². The number of hydrogen-bond acceptors (Lipinski definition) is 8. The Bertz CT molecular complexity index is 1370. The lowest BCUT2D eigenvalue weighted by molar-refractivity contribution is -0.113. The van der Waals surface area contributed by atoms with Crippen molar-refractivity contribution in [3.8, 4) is 17.2 Å². The molecule has 0 saturated carbocycles. The standard InChI is InChI=1S/C23H19N3O6S/c1-29-15-6-4-14(5-7-15)24-21(27)12-33-23-25-18-10-20-19(31-13-32-20)9-17(18)22(28)26(23)11-16-3-2-8-30-16/h2-10H,11-13H2,1H3,(H,24,27). The van der Waals surface area contributed by atoms with Crippen molar-refractivity contribution in [2.45, 2.75) is 11.7 Å². The quantitative estimate of drug-likeness (QED) is 0.327. The van der Waals surface area contributed by atoms with Gasteiger partial charge in [0.2, 0.25) is 12.7 Å². The maximum atomic E-state index is 13.3. The smallest absolute Gasteiger partial charge is 0.262 e. The third-order valence-corrected chi connectivity index (χ3v) is 5.99. The SMILES string of the molecule is COc1ccc(NC(=O)CSc2nc3cc4c(cc3c(=O)n2Cc2ccco2)OCO4)cc1. The number of methoxy groups -OCH3 is 1. The van der Waals surface area contributed by atoms with Gasteiger partial charge in [-0.3, -0.25) is 14.2 Å². The Morgan fingerprint density at radius 2 is 1.97 bits per heavy atom. The molecule has 5 rings (SSSR count). The number of carbonyl (C=O) groups excluding carboxylic acids is 1. The van der Waals surface area contributed by atoms with Gasteiger partial charge >= 0.3 is 0 Å². The summed E-state index contributed by atoms with van der Waals surface area (Å²) < 4.78 is 22.9. The molecule has 3 heterocycles. The molecule has 0 bridgehead atoms. The number of thioether (sulfide) groups is 1. The van der Waals surface area contributed by atoms with Gasteiger partial charge in [-0.05, 0) is 42.5 Å². The lowest BCUT2D eigenvalue weighted by atomic mass is 10.2. The normalized spacial score (nSPS) is 12.2. The molecule has 0 aliphatic carbocycles. The van der Waals surface area contributed by atoms with E-state index in [1.165, 1.54) is 16.3 Å². The van der Waals surface area contributed by atoms with Crippen molar-refractivity contribution in [2.24, 2.45) is 0 Å². The van der Waals surface area contributed by atoms with Crippen molar-refractivity contribution in [1.29, 1.82) is 0 Å². The number of nitrogens with one attached hydrogen (secondary N) is 1. The summed E-state index contributed by atoms with van der Waals surface area (Å²) in [6.07, 6.45) is 1.54. The molecule has 4 aromatic rings. The third kappa shape index (κ3) is 4.37. The van der Waals surface area contributed by atoms with Crippen molar-refractivity contribution in [3.05, 3.63) is 70.9 Å². The van der Waals surface area contributed by atoms with E-state index in [0.29, 0.717) is 44.8 Å². The first-order valence-electron chi connectivity index (χ1n) is 10.0. The number of amides is 1. The molecule has 0 fully saturated rings. The maximum absolute atomic E-state index is 13.3. The predicted molar refractivity (Wildman–Crippen MR) is 122 cm³/mol. The van der Waals surface area contributed by atoms with E-state index in [1.54, 1.807) is 61.9 Å². The predicted octanol–water partition coefficient (Wildman–Crippen LogP) is 3.51. The van der Waals surface area contributed by atoms with Crippen LogP contribution in [-0.2, 0) is 11.3 Å². The van der Waals surface area contributed by atoms with E-state index in [-0.39, 0.29) is 30.6 Å². The lowest BCUT2D eigenvalue weighted by Gasteiger charge is -2.13. The second-order valence-corrected chi connectivity index (χ2v) is 8.10. The molecule has 168 valence electrons. The van der Waals surface area contributed by atoms with Crippen molar-refractivity contribution >= 4 is 34.3 Å². The van der Waals surface area contributed by atoms with Crippen LogP contribution in [0.2, 0.25) is 0 Å². The number of rotatable bonds is 7. The van der Waals surface area contributed by atoms with E-state index in [0.717, 1.165) is 0 Å². The Morgan fingerprint density at radius 1 is 1.18 bits per heavy atom. The number of fused-ring (bicyclic) bond motifs is 2. The van der Waals surface area contributed by atoms with Crippen LogP contribution in [0, 0.1) is 0 Å². The molecule has 0 spiro atoms. The zero-order chi connectivity index (χ0) is 22.8. The van der Waals surface area contributed by atoms with E-state index < -0.39 is 0 Å². The van der Waals surface area contributed by atoms with Gasteiger partial charge in [-0.1, -0.05) is 11.8 Å². The highest BCUT2D eigenvalue weighted by atomic mass is 32.2. The number of benzene rings is 2. The van der Waals surface area contributed by atoms with Crippen LogP contribution in [0.5, 0.6) is 17.2 Å². The molecule has 1 amide bonds. The zero-order valence-electron chi connectivity index (χ0n) is 17.6. The number of carbonyl (C=O) groups is 1. The summed E-state index contributed by atoms with van der Waals surface area (Å²) >= 11 is 1.17. The molecule has 0 atom stereocenters. The first kappa shape index (κ1) is 21.0. The van der Waals surface area contributed by atoms with Gasteiger partial charge in [0, 0.05) is 11.8 Å². The summed E-state index contributed by atoms with van der Waals surface area (Å²) in [6.45, 7) is 0.283. The number of nitrogens with zero attached hydrogens (tertiary/aromatic N) is 2. The summed E-state index contributed by atoms with van der Waals surface area (Å²) in [6, 6.07) is 13.9. The topological polar surface area (TPSA) is 105 Å². The van der Waals surface area contributed by atoms with Crippen LogP contribution in [0.4, 0.5) is 5.69 Å². The molecule has 10 heteroatoms. The number of aromatic nitrogens is 2. The summed E-state index contributed by atoms with van der Waals surface area (Å²) in [5.41, 5.74) is 0.860. The molecule has 0 radical (unpaired) electrons. The van der Waals surface area contributed by atoms with Gasteiger partial charge in [-0.2, -0.15) is 0 Å². The minimum atomic E-state index is -0.257. The average Bonchev–Trinajstić information content (AvgIpc) is 3.51. The van der Waals surface area contributed by atoms with Crippen molar-refractivity contribution in [1.82, 2.24) is 9.55 Å². The second-order valence-electron chi connectivity index (χ2n) is 7.15. The number of ether oxygens (including phenoxy) is 3. The molecule has 1 aliphatic heterocycles. The Hall–Kier alpha value is -3.92.